The maximum Gasteiger partial charge on any atom is 0.220 e. The van der Waals surface area contributed by atoms with Crippen molar-refractivity contribution < 1.29 is 9.59 Å². The normalized spacial score (nSPS) is 14.4. The van der Waals surface area contributed by atoms with E-state index in [9.17, 15) is 9.59 Å². The Bertz CT molecular complexity index is 815. The SMILES string of the molecule is CN(C)[C@@H](CNC(=O)CCC(=O)c1ccc2c(c1)CCCC2)c1ccccc1. The van der Waals surface area contributed by atoms with Crippen molar-refractivity contribution in [3.63, 3.8) is 0 Å². The van der Waals surface area contributed by atoms with Crippen LogP contribution < -0.4 is 5.32 Å². The third-order valence-corrected chi connectivity index (χ3v) is 5.55. The minimum atomic E-state index is -0.0749. The van der Waals surface area contributed by atoms with Crippen molar-refractivity contribution in [1.82, 2.24) is 10.2 Å². The van der Waals surface area contributed by atoms with Crippen molar-refractivity contribution in [2.24, 2.45) is 0 Å². The van der Waals surface area contributed by atoms with Crippen molar-refractivity contribution in [3.05, 3.63) is 70.8 Å². The summed E-state index contributed by atoms with van der Waals surface area (Å²) in [7, 11) is 4.01. The third-order valence-electron chi connectivity index (χ3n) is 5.55. The lowest BCUT2D eigenvalue weighted by Gasteiger charge is -2.25. The number of aryl methyl sites for hydroxylation is 2. The average Bonchev–Trinajstić information content (AvgIpc) is 2.72. The second-order valence-corrected chi connectivity index (χ2v) is 7.81. The Kier molecular flexibility index (Phi) is 6.99. The van der Waals surface area contributed by atoms with Crippen molar-refractivity contribution in [3.8, 4) is 0 Å². The molecule has 3 rings (SSSR count). The van der Waals surface area contributed by atoms with Gasteiger partial charge in [-0.15, -0.1) is 0 Å². The highest BCUT2D eigenvalue weighted by molar-refractivity contribution is 5.98. The van der Waals surface area contributed by atoms with Crippen molar-refractivity contribution in [1.29, 1.82) is 0 Å². The molecule has 0 saturated heterocycles. The first-order chi connectivity index (χ1) is 13.5. The zero-order valence-electron chi connectivity index (χ0n) is 16.9. The van der Waals surface area contributed by atoms with Gasteiger partial charge in [0, 0.05) is 24.9 Å². The molecule has 0 saturated carbocycles. The van der Waals surface area contributed by atoms with Crippen LogP contribution in [0.25, 0.3) is 0 Å². The van der Waals surface area contributed by atoms with Gasteiger partial charge >= 0.3 is 0 Å². The van der Waals surface area contributed by atoms with E-state index in [-0.39, 0.29) is 30.6 Å². The standard InChI is InChI=1S/C24H30N2O2/c1-26(2)22(19-9-4-3-5-10-19)17-25-24(28)15-14-23(27)21-13-12-18-8-6-7-11-20(18)16-21/h3-5,9-10,12-13,16,22H,6-8,11,14-15,17H2,1-2H3,(H,25,28)/t22-/m0/s1. The molecule has 0 aromatic heterocycles. The average molecular weight is 379 g/mol. The van der Waals surface area contributed by atoms with E-state index in [1.807, 2.05) is 44.4 Å². The summed E-state index contributed by atoms with van der Waals surface area (Å²) in [4.78, 5) is 26.9. The van der Waals surface area contributed by atoms with Gasteiger partial charge in [0.1, 0.15) is 0 Å². The molecule has 0 spiro atoms. The number of likely N-dealkylation sites (N-methyl/N-ethyl adjacent to an activating group) is 1. The number of carbonyl (C=O) groups excluding carboxylic acids is 2. The number of carbonyl (C=O) groups is 2. The van der Waals surface area contributed by atoms with Crippen LogP contribution in [0.5, 0.6) is 0 Å². The van der Waals surface area contributed by atoms with Gasteiger partial charge in [-0.05, 0) is 62.5 Å². The molecule has 4 heteroatoms. The molecule has 1 aliphatic rings. The Morgan fingerprint density at radius 3 is 2.39 bits per heavy atom. The molecule has 2 aromatic carbocycles. The van der Waals surface area contributed by atoms with Crippen molar-refractivity contribution in [2.75, 3.05) is 20.6 Å². The molecule has 28 heavy (non-hydrogen) atoms. The van der Waals surface area contributed by atoms with Gasteiger partial charge in [-0.1, -0.05) is 42.5 Å². The monoisotopic (exact) mass is 378 g/mol. The maximum atomic E-state index is 12.5. The third kappa shape index (κ3) is 5.29. The van der Waals surface area contributed by atoms with E-state index in [2.05, 4.69) is 28.4 Å². The topological polar surface area (TPSA) is 49.4 Å². The van der Waals surface area contributed by atoms with Crippen molar-refractivity contribution >= 4 is 11.7 Å². The highest BCUT2D eigenvalue weighted by Gasteiger charge is 2.17. The summed E-state index contributed by atoms with van der Waals surface area (Å²) in [6.45, 7) is 0.531. The van der Waals surface area contributed by atoms with Crippen LogP contribution in [0.4, 0.5) is 0 Å². The first-order valence-electron chi connectivity index (χ1n) is 10.2. The Balaban J connectivity index is 1.50. The maximum absolute atomic E-state index is 12.5. The second-order valence-electron chi connectivity index (χ2n) is 7.81. The summed E-state index contributed by atoms with van der Waals surface area (Å²) in [5.74, 6) is -0.0233. The molecular formula is C24H30N2O2. The predicted molar refractivity (Wildman–Crippen MR) is 113 cm³/mol. The second kappa shape index (κ2) is 9.65. The predicted octanol–water partition coefficient (Wildman–Crippen LogP) is 3.95. The number of ketones is 1. The van der Waals surface area contributed by atoms with Crippen LogP contribution in [0.3, 0.4) is 0 Å². The van der Waals surface area contributed by atoms with Crippen LogP contribution in [-0.2, 0) is 17.6 Å². The fourth-order valence-electron chi connectivity index (χ4n) is 3.85. The molecule has 148 valence electrons. The number of amides is 1. The fourth-order valence-corrected chi connectivity index (χ4v) is 3.85. The highest BCUT2D eigenvalue weighted by atomic mass is 16.2. The van der Waals surface area contributed by atoms with E-state index < -0.39 is 0 Å². The lowest BCUT2D eigenvalue weighted by atomic mass is 9.89. The first kappa shape index (κ1) is 20.3. The fraction of sp³-hybridized carbons (Fsp3) is 0.417. The van der Waals surface area contributed by atoms with Gasteiger partial charge in [0.15, 0.2) is 5.78 Å². The van der Waals surface area contributed by atoms with E-state index >= 15 is 0 Å². The van der Waals surface area contributed by atoms with Gasteiger partial charge in [-0.25, -0.2) is 0 Å². The minimum Gasteiger partial charge on any atom is -0.354 e. The Labute approximate surface area is 167 Å². The molecule has 0 heterocycles. The quantitative estimate of drug-likeness (QED) is 0.708. The molecule has 0 bridgehead atoms. The molecule has 0 unspecified atom stereocenters. The largest absolute Gasteiger partial charge is 0.354 e. The smallest absolute Gasteiger partial charge is 0.220 e. The summed E-state index contributed by atoms with van der Waals surface area (Å²) < 4.78 is 0. The molecule has 1 atom stereocenters. The number of hydrogen-bond donors (Lipinski definition) is 1. The van der Waals surface area contributed by atoms with Gasteiger partial charge in [-0.2, -0.15) is 0 Å². The molecule has 0 fully saturated rings. The van der Waals surface area contributed by atoms with E-state index in [0.29, 0.717) is 6.54 Å². The lowest BCUT2D eigenvalue weighted by molar-refractivity contribution is -0.121. The summed E-state index contributed by atoms with van der Waals surface area (Å²) in [6, 6.07) is 16.3. The number of fused-ring (bicyclic) bond motifs is 1. The van der Waals surface area contributed by atoms with E-state index in [1.54, 1.807) is 0 Å². The molecule has 1 amide bonds. The number of benzene rings is 2. The Hall–Kier alpha value is -2.46. The van der Waals surface area contributed by atoms with Gasteiger partial charge in [0.2, 0.25) is 5.91 Å². The Morgan fingerprint density at radius 2 is 1.68 bits per heavy atom. The molecule has 1 N–H and O–H groups in total. The summed E-state index contributed by atoms with van der Waals surface area (Å²) in [5.41, 5.74) is 4.58. The Morgan fingerprint density at radius 1 is 0.964 bits per heavy atom. The van der Waals surface area contributed by atoms with Crippen molar-refractivity contribution in [2.45, 2.75) is 44.6 Å². The molecule has 0 aliphatic heterocycles. The van der Waals surface area contributed by atoms with Crippen LogP contribution in [0.1, 0.15) is 58.8 Å². The van der Waals surface area contributed by atoms with Crippen LogP contribution in [0.15, 0.2) is 48.5 Å². The number of hydrogen-bond acceptors (Lipinski definition) is 3. The first-order valence-corrected chi connectivity index (χ1v) is 10.2. The van der Waals surface area contributed by atoms with Crippen LogP contribution >= 0.6 is 0 Å². The zero-order valence-corrected chi connectivity index (χ0v) is 16.9. The van der Waals surface area contributed by atoms with Gasteiger partial charge in [0.25, 0.3) is 0 Å². The number of Topliss-reactive ketones (excluding diaryl/α,β-unsaturated/α-hetero) is 1. The van der Waals surface area contributed by atoms with Gasteiger partial charge in [0.05, 0.1) is 6.04 Å². The summed E-state index contributed by atoms with van der Waals surface area (Å²) in [5, 5.41) is 2.99. The van der Waals surface area contributed by atoms with E-state index in [0.717, 1.165) is 24.0 Å². The van der Waals surface area contributed by atoms with Crippen LogP contribution in [0, 0.1) is 0 Å². The number of rotatable bonds is 8. The zero-order chi connectivity index (χ0) is 19.9. The van der Waals surface area contributed by atoms with Gasteiger partial charge in [-0.3, -0.25) is 9.59 Å². The minimum absolute atomic E-state index is 0.0516. The lowest BCUT2D eigenvalue weighted by Crippen LogP contribution is -2.34. The summed E-state index contributed by atoms with van der Waals surface area (Å²) >= 11 is 0. The van der Waals surface area contributed by atoms with Crippen LogP contribution in [0.2, 0.25) is 0 Å². The number of nitrogens with one attached hydrogen (secondary N) is 1. The molecule has 4 nitrogen and oxygen atoms in total. The molecule has 0 radical (unpaired) electrons. The van der Waals surface area contributed by atoms with Crippen LogP contribution in [-0.4, -0.2) is 37.2 Å². The number of nitrogens with zero attached hydrogens (tertiary/aromatic N) is 1. The molecule has 2 aromatic rings. The molecule has 1 aliphatic carbocycles. The molecular weight excluding hydrogens is 348 g/mol. The van der Waals surface area contributed by atoms with E-state index in [1.165, 1.54) is 24.0 Å². The summed E-state index contributed by atoms with van der Waals surface area (Å²) in [6.07, 6.45) is 5.08. The van der Waals surface area contributed by atoms with Gasteiger partial charge < -0.3 is 10.2 Å². The van der Waals surface area contributed by atoms with E-state index in [4.69, 9.17) is 0 Å². The highest BCUT2D eigenvalue weighted by Crippen LogP contribution is 2.23.